The third-order valence-electron chi connectivity index (χ3n) is 1.92. The molecule has 19 heavy (non-hydrogen) atoms. The van der Waals surface area contributed by atoms with Gasteiger partial charge in [-0.2, -0.15) is 0 Å². The number of hydrogen-bond donors (Lipinski definition) is 3. The van der Waals surface area contributed by atoms with E-state index in [4.69, 9.17) is 15.5 Å². The van der Waals surface area contributed by atoms with Gasteiger partial charge in [-0.05, 0) is 18.2 Å². The van der Waals surface area contributed by atoms with Crippen LogP contribution in [0.25, 0.3) is 0 Å². The summed E-state index contributed by atoms with van der Waals surface area (Å²) < 4.78 is 0. The number of carbonyl (C=O) groups is 1. The highest BCUT2D eigenvalue weighted by molar-refractivity contribution is 8.76. The highest BCUT2D eigenvalue weighted by Gasteiger charge is 2.10. The maximum absolute atomic E-state index is 10.6. The second-order valence-electron chi connectivity index (χ2n) is 3.25. The van der Waals surface area contributed by atoms with Crippen LogP contribution >= 0.6 is 21.6 Å². The first-order chi connectivity index (χ1) is 8.91. The monoisotopic (exact) mass is 306 g/mol. The molecule has 1 rings (SSSR count). The Kier molecular flexibility index (Phi) is 6.21. The third kappa shape index (κ3) is 5.14. The summed E-state index contributed by atoms with van der Waals surface area (Å²) in [5, 5.41) is 46.8. The van der Waals surface area contributed by atoms with E-state index in [0.29, 0.717) is 10.6 Å². The van der Waals surface area contributed by atoms with Gasteiger partial charge in [0, 0.05) is 16.3 Å². The number of anilines is 2. The lowest BCUT2D eigenvalue weighted by Gasteiger charge is -2.37. The maximum Gasteiger partial charge on any atom is 0.304 e. The molecule has 3 N–H and O–H groups in total. The predicted octanol–water partition coefficient (Wildman–Crippen LogP) is 2.29. The Morgan fingerprint density at radius 3 is 2.53 bits per heavy atom. The Morgan fingerprint density at radius 2 is 2.00 bits per heavy atom. The van der Waals surface area contributed by atoms with E-state index in [1.165, 1.54) is 22.9 Å². The van der Waals surface area contributed by atoms with Gasteiger partial charge in [0.25, 0.3) is 0 Å². The summed E-state index contributed by atoms with van der Waals surface area (Å²) in [6, 6.07) is 3.61. The lowest BCUT2D eigenvalue weighted by atomic mass is 10.3. The van der Waals surface area contributed by atoms with Crippen LogP contribution in [-0.2, 0) is 4.79 Å². The van der Waals surface area contributed by atoms with E-state index in [1.54, 1.807) is 0 Å². The van der Waals surface area contributed by atoms with Crippen LogP contribution in [0, 0.1) is 10.4 Å². The van der Waals surface area contributed by atoms with E-state index < -0.39 is 11.2 Å². The number of rotatable bonds is 7. The van der Waals surface area contributed by atoms with E-state index in [0.717, 1.165) is 16.9 Å². The zero-order valence-electron chi connectivity index (χ0n) is 9.42. The number of nitrogens with zero attached hydrogens (tertiary/aromatic N) is 2. The van der Waals surface area contributed by atoms with Crippen LogP contribution in [0.4, 0.5) is 11.4 Å². The Hall–Kier alpha value is -1.17. The second-order valence-corrected chi connectivity index (χ2v) is 5.71. The van der Waals surface area contributed by atoms with Gasteiger partial charge in [0.05, 0.1) is 6.42 Å². The van der Waals surface area contributed by atoms with Crippen molar-refractivity contribution < 1.29 is 20.3 Å². The van der Waals surface area contributed by atoms with Crippen LogP contribution in [0.3, 0.4) is 0 Å². The molecular weight excluding hydrogens is 296 g/mol. The van der Waals surface area contributed by atoms with Crippen molar-refractivity contribution in [2.45, 2.75) is 11.3 Å². The summed E-state index contributed by atoms with van der Waals surface area (Å²) in [5.41, 5.74) is -0.412. The van der Waals surface area contributed by atoms with E-state index in [2.05, 4.69) is 0 Å². The van der Waals surface area contributed by atoms with Crippen molar-refractivity contribution in [2.75, 3.05) is 16.2 Å². The first-order valence-corrected chi connectivity index (χ1v) is 7.21. The molecule has 0 bridgehead atoms. The molecule has 0 fully saturated rings. The fraction of sp³-hybridized carbons (Fsp3) is 0.222. The molecule has 0 spiro atoms. The van der Waals surface area contributed by atoms with E-state index in [9.17, 15) is 15.2 Å². The summed E-state index contributed by atoms with van der Waals surface area (Å²) in [5.74, 6) is -0.601. The predicted molar refractivity (Wildman–Crippen MR) is 72.3 cm³/mol. The van der Waals surface area contributed by atoms with Gasteiger partial charge >= 0.3 is 5.97 Å². The molecule has 1 aromatic rings. The molecule has 1 aromatic carbocycles. The Balaban J connectivity index is 2.74. The molecule has 0 amide bonds. The van der Waals surface area contributed by atoms with E-state index >= 15 is 0 Å². The SMILES string of the molecule is O=C(O)CCSSc1ccc(N([O-])[O-])cc1N(O)O. The highest BCUT2D eigenvalue weighted by atomic mass is 33.1. The van der Waals surface area contributed by atoms with E-state index in [1.807, 2.05) is 0 Å². The standard InChI is InChI=1S/C9H10N2O6S2/c12-9(13)3-4-18-19-8-2-1-6(10(14)15)5-7(8)11(16)17/h1-2,5,16-17H,3-4H2,(H,12,13)/q-2. The van der Waals surface area contributed by atoms with Crippen LogP contribution in [0.15, 0.2) is 23.1 Å². The number of aliphatic carboxylic acids is 1. The molecule has 0 saturated carbocycles. The van der Waals surface area contributed by atoms with E-state index in [-0.39, 0.29) is 23.0 Å². The average molecular weight is 306 g/mol. The fourth-order valence-electron chi connectivity index (χ4n) is 1.08. The van der Waals surface area contributed by atoms with Crippen molar-refractivity contribution in [3.63, 3.8) is 0 Å². The van der Waals surface area contributed by atoms with Crippen LogP contribution in [-0.4, -0.2) is 27.2 Å². The number of carboxylic acids is 1. The lowest BCUT2D eigenvalue weighted by molar-refractivity contribution is -0.136. The zero-order valence-corrected chi connectivity index (χ0v) is 11.1. The molecule has 0 aromatic heterocycles. The Bertz CT molecular complexity index is 443. The summed E-state index contributed by atoms with van der Waals surface area (Å²) in [4.78, 5) is 10.7. The minimum Gasteiger partial charge on any atom is -0.769 e. The van der Waals surface area contributed by atoms with Crippen molar-refractivity contribution in [2.24, 2.45) is 0 Å². The number of hydrogen-bond acceptors (Lipinski definition) is 9. The van der Waals surface area contributed by atoms with Crippen LogP contribution < -0.4 is 10.5 Å². The first kappa shape index (κ1) is 15.9. The lowest BCUT2D eigenvalue weighted by Crippen LogP contribution is -2.13. The fourth-order valence-corrected chi connectivity index (χ4v) is 3.20. The van der Waals surface area contributed by atoms with Gasteiger partial charge in [-0.3, -0.25) is 15.2 Å². The van der Waals surface area contributed by atoms with Crippen LogP contribution in [0.5, 0.6) is 0 Å². The molecule has 0 atom stereocenters. The largest absolute Gasteiger partial charge is 0.769 e. The minimum absolute atomic E-state index is 0.0258. The molecule has 10 heteroatoms. The van der Waals surface area contributed by atoms with Gasteiger partial charge in [0.15, 0.2) is 0 Å². The van der Waals surface area contributed by atoms with Crippen molar-refractivity contribution >= 4 is 38.9 Å². The first-order valence-electron chi connectivity index (χ1n) is 4.89. The van der Waals surface area contributed by atoms with Gasteiger partial charge in [-0.1, -0.05) is 21.6 Å². The van der Waals surface area contributed by atoms with Crippen LogP contribution in [0.2, 0.25) is 0 Å². The minimum atomic E-state index is -0.928. The molecule has 0 aliphatic heterocycles. The summed E-state index contributed by atoms with van der Waals surface area (Å²) in [7, 11) is 2.30. The summed E-state index contributed by atoms with van der Waals surface area (Å²) >= 11 is 0. The summed E-state index contributed by atoms with van der Waals surface area (Å²) in [6.45, 7) is 0. The quantitative estimate of drug-likeness (QED) is 0.391. The molecule has 0 heterocycles. The second kappa shape index (κ2) is 7.43. The van der Waals surface area contributed by atoms with Crippen molar-refractivity contribution in [1.82, 2.24) is 0 Å². The smallest absolute Gasteiger partial charge is 0.304 e. The molecule has 8 nitrogen and oxygen atoms in total. The molecule has 0 aliphatic rings. The third-order valence-corrected chi connectivity index (χ3v) is 4.32. The summed E-state index contributed by atoms with van der Waals surface area (Å²) in [6.07, 6.45) is -0.0258. The van der Waals surface area contributed by atoms with Gasteiger partial charge in [0.2, 0.25) is 0 Å². The molecule has 106 valence electrons. The van der Waals surface area contributed by atoms with Crippen molar-refractivity contribution in [3.05, 3.63) is 28.6 Å². The molecule has 0 radical (unpaired) electrons. The average Bonchev–Trinajstić information content (AvgIpc) is 2.34. The maximum atomic E-state index is 10.6. The van der Waals surface area contributed by atoms with Gasteiger partial charge in [-0.15, -0.1) is 5.23 Å². The Labute approximate surface area is 116 Å². The molecular formula is C9H10N2O6S2-2. The molecule has 0 saturated heterocycles. The number of carboxylic acid groups (broad SMARTS) is 1. The van der Waals surface area contributed by atoms with Gasteiger partial charge in [0.1, 0.15) is 5.69 Å². The molecule has 0 aliphatic carbocycles. The van der Waals surface area contributed by atoms with Gasteiger partial charge in [-0.25, -0.2) is 0 Å². The molecule has 0 unspecified atom stereocenters. The zero-order chi connectivity index (χ0) is 14.4. The topological polar surface area (TPSA) is 130 Å². The van der Waals surface area contributed by atoms with Crippen LogP contribution in [0.1, 0.15) is 6.42 Å². The van der Waals surface area contributed by atoms with Crippen molar-refractivity contribution in [1.29, 1.82) is 0 Å². The van der Waals surface area contributed by atoms with Crippen molar-refractivity contribution in [3.8, 4) is 0 Å². The Morgan fingerprint density at radius 1 is 1.32 bits per heavy atom. The highest BCUT2D eigenvalue weighted by Crippen LogP contribution is 2.39. The number of benzene rings is 1. The van der Waals surface area contributed by atoms with Gasteiger partial charge < -0.3 is 20.7 Å². The normalized spacial score (nSPS) is 10.3.